The molecule has 3 atom stereocenters. The van der Waals surface area contributed by atoms with Crippen LogP contribution in [0.3, 0.4) is 0 Å². The van der Waals surface area contributed by atoms with Crippen LogP contribution in [0.15, 0.2) is 48.6 Å². The van der Waals surface area contributed by atoms with Gasteiger partial charge in [-0.1, -0.05) is 243 Å². The Morgan fingerprint density at radius 3 is 1.31 bits per heavy atom. The molecule has 0 heterocycles. The number of amides is 1. The summed E-state index contributed by atoms with van der Waals surface area (Å²) < 4.78 is 30.6. The maximum absolute atomic E-state index is 13.5. The van der Waals surface area contributed by atoms with Gasteiger partial charge in [-0.15, -0.1) is 0 Å². The number of unbranched alkanes of at least 4 members (excludes halogenated alkanes) is 32. The van der Waals surface area contributed by atoms with Gasteiger partial charge in [0.2, 0.25) is 5.91 Å². The predicted octanol–water partition coefficient (Wildman–Crippen LogP) is 18.1. The van der Waals surface area contributed by atoms with Crippen molar-refractivity contribution in [2.75, 3.05) is 40.9 Å². The highest BCUT2D eigenvalue weighted by molar-refractivity contribution is 7.47. The second-order valence-electron chi connectivity index (χ2n) is 21.5. The first-order valence-corrected chi connectivity index (χ1v) is 31.5. The number of quaternary nitrogens is 1. The third-order valence-corrected chi connectivity index (χ3v) is 14.3. The summed E-state index contributed by atoms with van der Waals surface area (Å²) in [6.07, 6.45) is 62.4. The fourth-order valence-corrected chi connectivity index (χ4v) is 9.33. The van der Waals surface area contributed by atoms with Crippen LogP contribution in [0, 0.1) is 0 Å². The molecule has 0 spiro atoms. The molecule has 0 radical (unpaired) electrons. The number of nitrogens with one attached hydrogen (secondary N) is 1. The molecule has 71 heavy (non-hydrogen) atoms. The highest BCUT2D eigenvalue weighted by Crippen LogP contribution is 2.43. The van der Waals surface area contributed by atoms with Crippen molar-refractivity contribution in [3.8, 4) is 0 Å². The van der Waals surface area contributed by atoms with Crippen LogP contribution >= 0.6 is 7.82 Å². The molecule has 9 nitrogen and oxygen atoms in total. The quantitative estimate of drug-likeness (QED) is 0.0205. The number of hydrogen-bond donors (Lipinski definition) is 2. The normalized spacial score (nSPS) is 14.1. The number of carbonyl (C=O) groups is 2. The number of phosphoric acid groups is 1. The van der Waals surface area contributed by atoms with E-state index in [0.29, 0.717) is 17.4 Å². The Hall–Kier alpha value is -2.03. The van der Waals surface area contributed by atoms with Crippen LogP contribution in [-0.2, 0) is 27.9 Å². The first-order valence-electron chi connectivity index (χ1n) is 30.0. The molecule has 0 aliphatic carbocycles. The van der Waals surface area contributed by atoms with E-state index in [1.807, 2.05) is 33.3 Å². The highest BCUT2D eigenvalue weighted by Gasteiger charge is 2.30. The van der Waals surface area contributed by atoms with Crippen LogP contribution in [0.2, 0.25) is 0 Å². The van der Waals surface area contributed by atoms with Gasteiger partial charge in [0.15, 0.2) is 0 Å². The Morgan fingerprint density at radius 2 is 0.859 bits per heavy atom. The fraction of sp³-hybridized carbons (Fsp3) is 0.836. The van der Waals surface area contributed by atoms with Gasteiger partial charge in [-0.2, -0.15) is 0 Å². The Labute approximate surface area is 439 Å². The summed E-state index contributed by atoms with van der Waals surface area (Å²) in [5.74, 6) is -0.506. The van der Waals surface area contributed by atoms with E-state index in [9.17, 15) is 19.0 Å². The number of phosphoric ester groups is 1. The zero-order valence-electron chi connectivity index (χ0n) is 47.5. The summed E-state index contributed by atoms with van der Waals surface area (Å²) in [6, 6.07) is -0.847. The lowest BCUT2D eigenvalue weighted by Gasteiger charge is -2.27. The summed E-state index contributed by atoms with van der Waals surface area (Å²) >= 11 is 0. The molecule has 0 saturated heterocycles. The van der Waals surface area contributed by atoms with Crippen LogP contribution in [0.25, 0.3) is 0 Å². The topological polar surface area (TPSA) is 111 Å². The van der Waals surface area contributed by atoms with Crippen molar-refractivity contribution in [3.63, 3.8) is 0 Å². The van der Waals surface area contributed by atoms with E-state index in [4.69, 9.17) is 13.8 Å². The van der Waals surface area contributed by atoms with Crippen molar-refractivity contribution in [2.24, 2.45) is 0 Å². The number of allylic oxidation sites excluding steroid dienone is 7. The lowest BCUT2D eigenvalue weighted by molar-refractivity contribution is -0.870. The first kappa shape index (κ1) is 69.0. The summed E-state index contributed by atoms with van der Waals surface area (Å²) in [7, 11) is 1.50. The van der Waals surface area contributed by atoms with Gasteiger partial charge in [0.25, 0.3) is 0 Å². The molecule has 0 aliphatic heterocycles. The minimum Gasteiger partial charge on any atom is -0.456 e. The lowest BCUT2D eigenvalue weighted by Crippen LogP contribution is -2.47. The SMILES string of the molecule is CCCCC/C=C\C/C=C\C/C=C\CCCCCCCCCCC(=O)OC(/C=C/CCCCCCCCCCC)C(COP(=O)(O)OCC[N+](C)(C)C)NC(=O)CCCCCCCCCCCCCCC. The summed E-state index contributed by atoms with van der Waals surface area (Å²) in [5, 5.41) is 3.05. The Bertz CT molecular complexity index is 1360. The van der Waals surface area contributed by atoms with Crippen molar-refractivity contribution in [1.82, 2.24) is 5.32 Å². The van der Waals surface area contributed by atoms with E-state index in [-0.39, 0.29) is 31.5 Å². The van der Waals surface area contributed by atoms with E-state index in [1.165, 1.54) is 161 Å². The van der Waals surface area contributed by atoms with E-state index in [0.717, 1.165) is 83.5 Å². The number of likely N-dealkylation sites (N-methyl/N-ethyl adjacent to an activating group) is 1. The minimum atomic E-state index is -4.44. The standard InChI is InChI=1S/C61H115N2O7P/c1-7-10-13-16-19-22-25-27-28-29-30-31-32-33-34-36-39-42-45-48-51-54-61(65)70-59(52-49-46-43-40-37-24-21-18-15-12-9-3)58(57-69-71(66,67)68-56-55-63(4,5)6)62-60(64)53-50-47-44-41-38-35-26-23-20-17-14-11-8-2/h19,22,27-28,30-31,49,52,58-59H,7-18,20-21,23-26,29,32-48,50-51,53-57H2,1-6H3,(H-,62,64,66,67)/p+1/b22-19-,28-27-,31-30-,52-49+. The van der Waals surface area contributed by atoms with E-state index >= 15 is 0 Å². The Balaban J connectivity index is 5.22. The summed E-state index contributed by atoms with van der Waals surface area (Å²) in [5.41, 5.74) is 0. The molecule has 0 saturated carbocycles. The monoisotopic (exact) mass is 1020 g/mol. The molecule has 416 valence electrons. The molecule has 10 heteroatoms. The van der Waals surface area contributed by atoms with Gasteiger partial charge in [-0.25, -0.2) is 4.57 Å². The average molecular weight is 1020 g/mol. The zero-order chi connectivity index (χ0) is 52.2. The van der Waals surface area contributed by atoms with Gasteiger partial charge in [0, 0.05) is 12.8 Å². The summed E-state index contributed by atoms with van der Waals surface area (Å²) in [4.78, 5) is 37.6. The predicted molar refractivity (Wildman–Crippen MR) is 305 cm³/mol. The zero-order valence-corrected chi connectivity index (χ0v) is 48.4. The molecule has 0 aromatic rings. The van der Waals surface area contributed by atoms with Gasteiger partial charge in [-0.3, -0.25) is 18.6 Å². The van der Waals surface area contributed by atoms with Crippen LogP contribution in [0.4, 0.5) is 0 Å². The van der Waals surface area contributed by atoms with Crippen molar-refractivity contribution in [3.05, 3.63) is 48.6 Å². The largest absolute Gasteiger partial charge is 0.472 e. The van der Waals surface area contributed by atoms with Gasteiger partial charge in [-0.05, 0) is 70.3 Å². The number of rotatable bonds is 54. The van der Waals surface area contributed by atoms with Gasteiger partial charge in [0.1, 0.15) is 19.3 Å². The molecular weight excluding hydrogens is 904 g/mol. The number of ether oxygens (including phenoxy) is 1. The first-order chi connectivity index (χ1) is 34.4. The highest BCUT2D eigenvalue weighted by atomic mass is 31.2. The van der Waals surface area contributed by atoms with Gasteiger partial charge >= 0.3 is 13.8 Å². The van der Waals surface area contributed by atoms with Gasteiger partial charge < -0.3 is 19.4 Å². The van der Waals surface area contributed by atoms with Gasteiger partial charge in [0.05, 0.1) is 33.8 Å². The van der Waals surface area contributed by atoms with Crippen molar-refractivity contribution >= 4 is 19.7 Å². The third kappa shape index (κ3) is 52.6. The molecule has 0 aromatic heterocycles. The number of nitrogens with zero attached hydrogens (tertiary/aromatic N) is 1. The Kier molecular flexibility index (Phi) is 50.0. The van der Waals surface area contributed by atoms with E-state index < -0.39 is 20.0 Å². The van der Waals surface area contributed by atoms with Crippen LogP contribution in [-0.4, -0.2) is 74.3 Å². The number of carbonyl (C=O) groups excluding carboxylic acids is 2. The van der Waals surface area contributed by atoms with E-state index in [1.54, 1.807) is 0 Å². The average Bonchev–Trinajstić information content (AvgIpc) is 3.33. The van der Waals surface area contributed by atoms with Crippen molar-refractivity contribution in [1.29, 1.82) is 0 Å². The molecule has 3 unspecified atom stereocenters. The summed E-state index contributed by atoms with van der Waals surface area (Å²) in [6.45, 7) is 6.99. The van der Waals surface area contributed by atoms with Crippen molar-refractivity contribution < 1.29 is 37.3 Å². The molecule has 0 aromatic carbocycles. The van der Waals surface area contributed by atoms with Crippen LogP contribution < -0.4 is 5.32 Å². The molecule has 2 N–H and O–H groups in total. The fourth-order valence-electron chi connectivity index (χ4n) is 8.59. The lowest BCUT2D eigenvalue weighted by atomic mass is 10.0. The third-order valence-electron chi connectivity index (χ3n) is 13.3. The molecule has 0 bridgehead atoms. The molecule has 0 aliphatic rings. The molecule has 1 amide bonds. The van der Waals surface area contributed by atoms with Crippen molar-refractivity contribution in [2.45, 2.75) is 290 Å². The molecular formula is C61H116N2O7P+. The number of hydrogen-bond acceptors (Lipinski definition) is 6. The second kappa shape index (κ2) is 51.5. The van der Waals surface area contributed by atoms with Crippen LogP contribution in [0.1, 0.15) is 278 Å². The second-order valence-corrected chi connectivity index (χ2v) is 23.0. The maximum Gasteiger partial charge on any atom is 0.472 e. The van der Waals surface area contributed by atoms with Crippen LogP contribution in [0.5, 0.6) is 0 Å². The van der Waals surface area contributed by atoms with E-state index in [2.05, 4.69) is 62.5 Å². The smallest absolute Gasteiger partial charge is 0.456 e. The Morgan fingerprint density at radius 1 is 0.493 bits per heavy atom. The maximum atomic E-state index is 13.5. The minimum absolute atomic E-state index is 0.0399. The number of esters is 1. The molecule has 0 rings (SSSR count). The molecule has 0 fully saturated rings.